The maximum atomic E-state index is 12.0. The summed E-state index contributed by atoms with van der Waals surface area (Å²) < 4.78 is 6.72. The van der Waals surface area contributed by atoms with Crippen molar-refractivity contribution < 1.29 is 24.5 Å². The molecule has 1 amide bonds. The summed E-state index contributed by atoms with van der Waals surface area (Å²) in [5.41, 5.74) is 4.33. The molecule has 154 valence electrons. The quantitative estimate of drug-likeness (QED) is 0.303. The van der Waals surface area contributed by atoms with Crippen molar-refractivity contribution in [2.45, 2.75) is 32.9 Å². The average Bonchev–Trinajstić information content (AvgIpc) is 3.05. The Morgan fingerprint density at radius 3 is 2.71 bits per heavy atom. The van der Waals surface area contributed by atoms with Crippen molar-refractivity contribution in [2.24, 2.45) is 5.41 Å². The van der Waals surface area contributed by atoms with Crippen LogP contribution in [0.25, 0.3) is 11.2 Å². The molecule has 2 rings (SSSR count). The summed E-state index contributed by atoms with van der Waals surface area (Å²) in [6.07, 6.45) is 1.60. The minimum absolute atomic E-state index is 0.0595. The number of nitrogens with one attached hydrogen (secondary N) is 2. The smallest absolute Gasteiger partial charge is 0.328 e. The highest BCUT2D eigenvalue weighted by atomic mass is 16.5. The Morgan fingerprint density at radius 2 is 2.11 bits per heavy atom. The molecule has 12 heteroatoms. The fourth-order valence-electron chi connectivity index (χ4n) is 2.58. The van der Waals surface area contributed by atoms with Crippen molar-refractivity contribution in [2.75, 3.05) is 25.6 Å². The second-order valence-electron chi connectivity index (χ2n) is 6.66. The van der Waals surface area contributed by atoms with Gasteiger partial charge in [-0.15, -0.1) is 0 Å². The average molecular weight is 396 g/mol. The van der Waals surface area contributed by atoms with Crippen molar-refractivity contribution in [3.63, 3.8) is 0 Å². The van der Waals surface area contributed by atoms with Gasteiger partial charge in [0.25, 0.3) is 5.56 Å². The van der Waals surface area contributed by atoms with Crippen molar-refractivity contribution in [3.05, 3.63) is 16.7 Å². The molecule has 1 atom stereocenters. The number of imidazole rings is 1. The number of rotatable bonds is 9. The van der Waals surface area contributed by atoms with E-state index in [-0.39, 0.29) is 42.6 Å². The third-order valence-corrected chi connectivity index (χ3v) is 4.34. The van der Waals surface area contributed by atoms with Gasteiger partial charge in [-0.25, -0.2) is 9.78 Å². The number of ether oxygens (including phenoxy) is 1. The van der Waals surface area contributed by atoms with Crippen LogP contribution >= 0.6 is 0 Å². The summed E-state index contributed by atoms with van der Waals surface area (Å²) in [7, 11) is 0. The molecule has 0 fully saturated rings. The molecule has 0 aliphatic rings. The molecule has 12 nitrogen and oxygen atoms in total. The largest absolute Gasteiger partial charge is 0.463 e. The SMILES string of the molecule is CC(=O)NC(C)C(=O)OCC(CO)(CO)CCn1cnc2c(=O)[nH]c(N)nc21. The zero-order valence-electron chi connectivity index (χ0n) is 15.6. The first-order chi connectivity index (χ1) is 13.2. The Kier molecular flexibility index (Phi) is 6.70. The molecule has 0 spiro atoms. The molecule has 0 saturated carbocycles. The number of nitrogens with zero attached hydrogens (tertiary/aromatic N) is 3. The Labute approximate surface area is 159 Å². The number of aromatic nitrogens is 4. The number of hydrogen-bond donors (Lipinski definition) is 5. The molecule has 2 aromatic heterocycles. The van der Waals surface area contributed by atoms with Gasteiger partial charge in [-0.1, -0.05) is 0 Å². The van der Waals surface area contributed by atoms with Crippen molar-refractivity contribution in [1.29, 1.82) is 0 Å². The van der Waals surface area contributed by atoms with E-state index in [1.165, 1.54) is 20.2 Å². The second-order valence-corrected chi connectivity index (χ2v) is 6.66. The predicted octanol–water partition coefficient (Wildman–Crippen LogP) is -1.87. The fourth-order valence-corrected chi connectivity index (χ4v) is 2.58. The third-order valence-electron chi connectivity index (χ3n) is 4.34. The van der Waals surface area contributed by atoms with Gasteiger partial charge in [0.1, 0.15) is 12.6 Å². The predicted molar refractivity (Wildman–Crippen MR) is 98.0 cm³/mol. The zero-order valence-corrected chi connectivity index (χ0v) is 15.6. The van der Waals surface area contributed by atoms with E-state index in [4.69, 9.17) is 10.5 Å². The van der Waals surface area contributed by atoms with Crippen LogP contribution in [0.15, 0.2) is 11.1 Å². The normalized spacial score (nSPS) is 12.7. The number of carbonyl (C=O) groups excluding carboxylic acids is 2. The molecule has 0 saturated heterocycles. The van der Waals surface area contributed by atoms with E-state index in [9.17, 15) is 24.6 Å². The van der Waals surface area contributed by atoms with Crippen LogP contribution in [0.4, 0.5) is 5.95 Å². The van der Waals surface area contributed by atoms with E-state index in [1.54, 1.807) is 4.57 Å². The van der Waals surface area contributed by atoms with E-state index >= 15 is 0 Å². The number of H-pyrrole nitrogens is 1. The highest BCUT2D eigenvalue weighted by Gasteiger charge is 2.32. The summed E-state index contributed by atoms with van der Waals surface area (Å²) in [4.78, 5) is 45.2. The number of nitrogens with two attached hydrogens (primary N) is 1. The molecule has 2 heterocycles. The van der Waals surface area contributed by atoms with Gasteiger partial charge in [0.15, 0.2) is 11.2 Å². The van der Waals surface area contributed by atoms with Crippen molar-refractivity contribution in [1.82, 2.24) is 24.8 Å². The number of aliphatic hydroxyl groups excluding tert-OH is 2. The molecular weight excluding hydrogens is 372 g/mol. The van der Waals surface area contributed by atoms with Gasteiger partial charge < -0.3 is 30.6 Å². The lowest BCUT2D eigenvalue weighted by molar-refractivity contribution is -0.153. The number of aliphatic hydroxyl groups is 2. The zero-order chi connectivity index (χ0) is 20.9. The van der Waals surface area contributed by atoms with Crippen LogP contribution in [0.3, 0.4) is 0 Å². The monoisotopic (exact) mass is 396 g/mol. The van der Waals surface area contributed by atoms with Crippen LogP contribution in [-0.4, -0.2) is 67.5 Å². The molecule has 2 aromatic rings. The lowest BCUT2D eigenvalue weighted by atomic mass is 9.87. The van der Waals surface area contributed by atoms with Crippen LogP contribution in [0.2, 0.25) is 0 Å². The first-order valence-electron chi connectivity index (χ1n) is 8.57. The van der Waals surface area contributed by atoms with Crippen LogP contribution in [0.5, 0.6) is 0 Å². The minimum Gasteiger partial charge on any atom is -0.463 e. The Bertz CT molecular complexity index is 903. The van der Waals surface area contributed by atoms with Crippen LogP contribution < -0.4 is 16.6 Å². The van der Waals surface area contributed by atoms with Crippen molar-refractivity contribution >= 4 is 29.0 Å². The van der Waals surface area contributed by atoms with Gasteiger partial charge in [-0.05, 0) is 13.3 Å². The topological polar surface area (TPSA) is 185 Å². The standard InChI is InChI=1S/C16H24N6O6/c1-9(19-10(2)25)14(27)28-7-16(5-23,6-24)3-4-22-8-18-11-12(22)20-15(17)21-13(11)26/h8-9,23-24H,3-7H2,1-2H3,(H,19,25)(H3,17,20,21,26). The first-order valence-corrected chi connectivity index (χ1v) is 8.57. The van der Waals surface area contributed by atoms with Crippen LogP contribution in [0, 0.1) is 5.41 Å². The number of anilines is 1. The van der Waals surface area contributed by atoms with E-state index < -0.39 is 36.2 Å². The summed E-state index contributed by atoms with van der Waals surface area (Å²) in [6, 6.07) is -0.857. The van der Waals surface area contributed by atoms with E-state index in [0.29, 0.717) is 0 Å². The van der Waals surface area contributed by atoms with Gasteiger partial charge in [-0.3, -0.25) is 14.6 Å². The number of esters is 1. The lowest BCUT2D eigenvalue weighted by Crippen LogP contribution is -2.42. The maximum absolute atomic E-state index is 12.0. The number of aryl methyl sites for hydroxylation is 1. The summed E-state index contributed by atoms with van der Waals surface area (Å²) in [5, 5.41) is 21.9. The molecule has 0 aliphatic heterocycles. The van der Waals surface area contributed by atoms with Gasteiger partial charge in [0.05, 0.1) is 25.0 Å². The Balaban J connectivity index is 2.09. The van der Waals surface area contributed by atoms with Gasteiger partial charge >= 0.3 is 5.97 Å². The number of amides is 1. The number of aromatic amines is 1. The van der Waals surface area contributed by atoms with E-state index in [2.05, 4.69) is 20.3 Å². The van der Waals surface area contributed by atoms with E-state index in [0.717, 1.165) is 0 Å². The molecular formula is C16H24N6O6. The summed E-state index contributed by atoms with van der Waals surface area (Å²) >= 11 is 0. The molecule has 0 aliphatic carbocycles. The molecule has 6 N–H and O–H groups in total. The molecule has 0 aromatic carbocycles. The Hall–Kier alpha value is -2.99. The highest BCUT2D eigenvalue weighted by molar-refractivity contribution is 5.82. The Morgan fingerprint density at radius 1 is 1.43 bits per heavy atom. The molecule has 1 unspecified atom stereocenters. The summed E-state index contributed by atoms with van der Waals surface area (Å²) in [6.45, 7) is 1.81. The molecule has 0 radical (unpaired) electrons. The number of fused-ring (bicyclic) bond motifs is 1. The second kappa shape index (κ2) is 8.80. The first kappa shape index (κ1) is 21.3. The highest BCUT2D eigenvalue weighted by Crippen LogP contribution is 2.23. The lowest BCUT2D eigenvalue weighted by Gasteiger charge is -2.29. The van der Waals surface area contributed by atoms with Gasteiger partial charge in [0.2, 0.25) is 11.9 Å². The summed E-state index contributed by atoms with van der Waals surface area (Å²) in [5.74, 6) is -1.12. The van der Waals surface area contributed by atoms with Gasteiger partial charge in [-0.2, -0.15) is 4.98 Å². The number of carbonyl (C=O) groups is 2. The van der Waals surface area contributed by atoms with Crippen LogP contribution in [-0.2, 0) is 20.9 Å². The fraction of sp³-hybridized carbons (Fsp3) is 0.562. The molecule has 28 heavy (non-hydrogen) atoms. The third kappa shape index (κ3) is 4.84. The number of hydrogen-bond acceptors (Lipinski definition) is 9. The van der Waals surface area contributed by atoms with Gasteiger partial charge in [0, 0.05) is 13.5 Å². The van der Waals surface area contributed by atoms with E-state index in [1.807, 2.05) is 0 Å². The van der Waals surface area contributed by atoms with Crippen LogP contribution in [0.1, 0.15) is 20.3 Å². The minimum atomic E-state index is -1.13. The van der Waals surface area contributed by atoms with Crippen molar-refractivity contribution in [3.8, 4) is 0 Å². The maximum Gasteiger partial charge on any atom is 0.328 e. The molecule has 0 bridgehead atoms. The number of nitrogen functional groups attached to an aromatic ring is 1.